The standard InChI is InChI=1S/C19H24BrN3O2/c1-13(2)17-16(20)18(22-21-17)19(24)23-10-8-15(9-11-23)25-12-14-6-4-3-5-7-14/h3-7,13,15H,8-12H2,1-2H3,(H,21,22). The number of rotatable bonds is 5. The molecule has 2 heterocycles. The van der Waals surface area contributed by atoms with Crippen LogP contribution >= 0.6 is 15.9 Å². The highest BCUT2D eigenvalue weighted by molar-refractivity contribution is 9.10. The van der Waals surface area contributed by atoms with E-state index in [1.54, 1.807) is 0 Å². The lowest BCUT2D eigenvalue weighted by atomic mass is 10.1. The fraction of sp³-hybridized carbons (Fsp3) is 0.474. The molecular formula is C19H24BrN3O2. The van der Waals surface area contributed by atoms with Crippen LogP contribution in [0.1, 0.15) is 54.4 Å². The van der Waals surface area contributed by atoms with Gasteiger partial charge in [0, 0.05) is 13.1 Å². The van der Waals surface area contributed by atoms with Gasteiger partial charge in [-0.1, -0.05) is 44.2 Å². The average molecular weight is 406 g/mol. The maximum Gasteiger partial charge on any atom is 0.275 e. The minimum absolute atomic E-state index is 0.0171. The van der Waals surface area contributed by atoms with Crippen LogP contribution < -0.4 is 0 Å². The van der Waals surface area contributed by atoms with E-state index in [1.807, 2.05) is 23.1 Å². The third kappa shape index (κ3) is 4.30. The predicted molar refractivity (Wildman–Crippen MR) is 101 cm³/mol. The summed E-state index contributed by atoms with van der Waals surface area (Å²) in [5.41, 5.74) is 2.62. The number of piperidine rings is 1. The lowest BCUT2D eigenvalue weighted by Gasteiger charge is -2.31. The number of likely N-dealkylation sites (tertiary alicyclic amines) is 1. The number of aromatic amines is 1. The molecule has 1 saturated heterocycles. The highest BCUT2D eigenvalue weighted by atomic mass is 79.9. The van der Waals surface area contributed by atoms with E-state index >= 15 is 0 Å². The second kappa shape index (κ2) is 8.15. The molecule has 1 aliphatic rings. The van der Waals surface area contributed by atoms with Gasteiger partial charge in [-0.3, -0.25) is 9.89 Å². The van der Waals surface area contributed by atoms with Crippen molar-refractivity contribution in [3.05, 3.63) is 51.8 Å². The van der Waals surface area contributed by atoms with Gasteiger partial charge in [-0.05, 0) is 40.3 Å². The Morgan fingerprint density at radius 1 is 1.32 bits per heavy atom. The zero-order chi connectivity index (χ0) is 17.8. The first-order valence-electron chi connectivity index (χ1n) is 8.74. The molecule has 3 rings (SSSR count). The number of nitrogens with one attached hydrogen (secondary N) is 1. The molecule has 0 radical (unpaired) electrons. The van der Waals surface area contributed by atoms with Crippen LogP contribution in [0.5, 0.6) is 0 Å². The fourth-order valence-corrected chi connectivity index (χ4v) is 3.83. The summed E-state index contributed by atoms with van der Waals surface area (Å²) in [4.78, 5) is 14.6. The zero-order valence-corrected chi connectivity index (χ0v) is 16.3. The van der Waals surface area contributed by atoms with Gasteiger partial charge in [0.2, 0.25) is 0 Å². The van der Waals surface area contributed by atoms with Crippen molar-refractivity contribution in [3.63, 3.8) is 0 Å². The zero-order valence-electron chi connectivity index (χ0n) is 14.7. The molecule has 0 spiro atoms. The number of aromatic nitrogens is 2. The van der Waals surface area contributed by atoms with Crippen molar-refractivity contribution in [2.75, 3.05) is 13.1 Å². The molecule has 1 aromatic carbocycles. The topological polar surface area (TPSA) is 58.2 Å². The minimum Gasteiger partial charge on any atom is -0.373 e. The third-order valence-electron chi connectivity index (χ3n) is 4.57. The normalized spacial score (nSPS) is 15.8. The number of H-pyrrole nitrogens is 1. The maximum atomic E-state index is 12.7. The van der Waals surface area contributed by atoms with E-state index in [4.69, 9.17) is 4.74 Å². The van der Waals surface area contributed by atoms with Gasteiger partial charge in [0.1, 0.15) is 0 Å². The lowest BCUT2D eigenvalue weighted by molar-refractivity contribution is -0.000529. The third-order valence-corrected chi connectivity index (χ3v) is 5.37. The fourth-order valence-electron chi connectivity index (χ4n) is 3.03. The SMILES string of the molecule is CC(C)c1[nH]nc(C(=O)N2CCC(OCc3ccccc3)CC2)c1Br. The second-order valence-electron chi connectivity index (χ2n) is 6.74. The Hall–Kier alpha value is -1.66. The van der Waals surface area contributed by atoms with Crippen LogP contribution in [0.3, 0.4) is 0 Å². The molecule has 1 N–H and O–H groups in total. The molecule has 1 aliphatic heterocycles. The first kappa shape index (κ1) is 18.1. The number of nitrogens with zero attached hydrogens (tertiary/aromatic N) is 2. The van der Waals surface area contributed by atoms with Crippen molar-refractivity contribution in [2.24, 2.45) is 0 Å². The summed E-state index contributed by atoms with van der Waals surface area (Å²) in [6.45, 7) is 6.18. The summed E-state index contributed by atoms with van der Waals surface area (Å²) in [6.07, 6.45) is 1.92. The number of benzene rings is 1. The highest BCUT2D eigenvalue weighted by Crippen LogP contribution is 2.27. The largest absolute Gasteiger partial charge is 0.373 e. The summed E-state index contributed by atoms with van der Waals surface area (Å²) in [5.74, 6) is 0.275. The van der Waals surface area contributed by atoms with E-state index in [-0.39, 0.29) is 12.0 Å². The van der Waals surface area contributed by atoms with Crippen LogP contribution in [0.25, 0.3) is 0 Å². The number of carbonyl (C=O) groups is 1. The van der Waals surface area contributed by atoms with Crippen LogP contribution in [0, 0.1) is 0 Å². The van der Waals surface area contributed by atoms with E-state index in [0.717, 1.165) is 23.0 Å². The Balaban J connectivity index is 1.52. The summed E-state index contributed by atoms with van der Waals surface area (Å²) < 4.78 is 6.78. The molecule has 1 fully saturated rings. The first-order valence-corrected chi connectivity index (χ1v) is 9.54. The average Bonchev–Trinajstić information content (AvgIpc) is 3.02. The van der Waals surface area contributed by atoms with E-state index in [9.17, 15) is 4.79 Å². The lowest BCUT2D eigenvalue weighted by Crippen LogP contribution is -2.41. The molecule has 1 amide bonds. The van der Waals surface area contributed by atoms with Gasteiger partial charge in [0.05, 0.1) is 22.9 Å². The Morgan fingerprint density at radius 3 is 2.60 bits per heavy atom. The Kier molecular flexibility index (Phi) is 5.91. The van der Waals surface area contributed by atoms with Crippen molar-refractivity contribution in [2.45, 2.75) is 45.3 Å². The molecule has 0 unspecified atom stereocenters. The molecule has 0 bridgehead atoms. The van der Waals surface area contributed by atoms with Gasteiger partial charge in [-0.15, -0.1) is 0 Å². The highest BCUT2D eigenvalue weighted by Gasteiger charge is 2.28. The number of amides is 1. The van der Waals surface area contributed by atoms with E-state index < -0.39 is 0 Å². The van der Waals surface area contributed by atoms with E-state index in [2.05, 4.69) is 52.1 Å². The van der Waals surface area contributed by atoms with Crippen molar-refractivity contribution >= 4 is 21.8 Å². The molecule has 134 valence electrons. The van der Waals surface area contributed by atoms with Crippen LogP contribution in [-0.2, 0) is 11.3 Å². The van der Waals surface area contributed by atoms with Crippen LogP contribution in [-0.4, -0.2) is 40.2 Å². The van der Waals surface area contributed by atoms with E-state index in [0.29, 0.717) is 31.3 Å². The second-order valence-corrected chi connectivity index (χ2v) is 7.54. The summed E-state index contributed by atoms with van der Waals surface area (Å²) in [7, 11) is 0. The summed E-state index contributed by atoms with van der Waals surface area (Å²) >= 11 is 3.52. The van der Waals surface area contributed by atoms with Crippen LogP contribution in [0.2, 0.25) is 0 Å². The summed E-state index contributed by atoms with van der Waals surface area (Å²) in [6, 6.07) is 10.2. The Labute approximate surface area is 156 Å². The molecule has 2 aromatic rings. The predicted octanol–water partition coefficient (Wildman–Crippen LogP) is 4.12. The van der Waals surface area contributed by atoms with Crippen molar-refractivity contribution < 1.29 is 9.53 Å². The Bertz CT molecular complexity index is 707. The van der Waals surface area contributed by atoms with Gasteiger partial charge < -0.3 is 9.64 Å². The van der Waals surface area contributed by atoms with Crippen molar-refractivity contribution in [1.82, 2.24) is 15.1 Å². The minimum atomic E-state index is -0.0171. The first-order chi connectivity index (χ1) is 12.1. The summed E-state index contributed by atoms with van der Waals surface area (Å²) in [5, 5.41) is 7.18. The number of hydrogen-bond acceptors (Lipinski definition) is 3. The van der Waals surface area contributed by atoms with Crippen LogP contribution in [0.15, 0.2) is 34.8 Å². The van der Waals surface area contributed by atoms with Gasteiger partial charge >= 0.3 is 0 Å². The molecule has 25 heavy (non-hydrogen) atoms. The monoisotopic (exact) mass is 405 g/mol. The molecule has 0 saturated carbocycles. The molecule has 6 heteroatoms. The molecular weight excluding hydrogens is 382 g/mol. The maximum absolute atomic E-state index is 12.7. The van der Waals surface area contributed by atoms with Crippen molar-refractivity contribution in [1.29, 1.82) is 0 Å². The molecule has 0 atom stereocenters. The number of ether oxygens (including phenoxy) is 1. The van der Waals surface area contributed by atoms with Crippen LogP contribution in [0.4, 0.5) is 0 Å². The number of carbonyl (C=O) groups excluding carboxylic acids is 1. The smallest absolute Gasteiger partial charge is 0.275 e. The quantitative estimate of drug-likeness (QED) is 0.813. The van der Waals surface area contributed by atoms with Gasteiger partial charge in [-0.2, -0.15) is 5.10 Å². The van der Waals surface area contributed by atoms with E-state index in [1.165, 1.54) is 5.56 Å². The molecule has 1 aromatic heterocycles. The molecule has 0 aliphatic carbocycles. The molecule has 5 nitrogen and oxygen atoms in total. The van der Waals surface area contributed by atoms with Gasteiger partial charge in [0.25, 0.3) is 5.91 Å². The van der Waals surface area contributed by atoms with Gasteiger partial charge in [-0.25, -0.2) is 0 Å². The number of halogens is 1. The number of hydrogen-bond donors (Lipinski definition) is 1. The Morgan fingerprint density at radius 2 is 2.00 bits per heavy atom. The van der Waals surface area contributed by atoms with Crippen molar-refractivity contribution in [3.8, 4) is 0 Å². The van der Waals surface area contributed by atoms with Gasteiger partial charge in [0.15, 0.2) is 5.69 Å².